The van der Waals surface area contributed by atoms with Crippen molar-refractivity contribution in [3.8, 4) is 0 Å². The Labute approximate surface area is 101 Å². The zero-order valence-corrected chi connectivity index (χ0v) is 10.4. The number of carbonyl (C=O) groups is 2. The van der Waals surface area contributed by atoms with Crippen LogP contribution in [-0.4, -0.2) is 53.7 Å². The van der Waals surface area contributed by atoms with E-state index >= 15 is 0 Å². The van der Waals surface area contributed by atoms with E-state index in [0.29, 0.717) is 0 Å². The van der Waals surface area contributed by atoms with Gasteiger partial charge in [-0.1, -0.05) is 13.8 Å². The maximum Gasteiger partial charge on any atom is 0.328 e. The van der Waals surface area contributed by atoms with E-state index in [1.807, 2.05) is 13.8 Å². The summed E-state index contributed by atoms with van der Waals surface area (Å²) in [6.07, 6.45) is -0.481. The van der Waals surface area contributed by atoms with E-state index in [-0.39, 0.29) is 24.8 Å². The van der Waals surface area contributed by atoms with Crippen molar-refractivity contribution in [3.63, 3.8) is 0 Å². The minimum Gasteiger partial charge on any atom is -0.467 e. The molecule has 1 fully saturated rings. The molecule has 0 aromatic carbocycles. The minimum atomic E-state index is -0.715. The maximum absolute atomic E-state index is 12.0. The average Bonchev–Trinajstić information content (AvgIpc) is 2.68. The molecule has 0 spiro atoms. The summed E-state index contributed by atoms with van der Waals surface area (Å²) in [6.45, 7) is 3.81. The number of methoxy groups -OCH3 is 1. The van der Waals surface area contributed by atoms with Crippen LogP contribution in [-0.2, 0) is 14.3 Å². The highest BCUT2D eigenvalue weighted by molar-refractivity contribution is 5.88. The van der Waals surface area contributed by atoms with Crippen LogP contribution in [0.1, 0.15) is 20.3 Å². The molecular formula is C11H20N2O4. The van der Waals surface area contributed by atoms with E-state index in [1.165, 1.54) is 12.0 Å². The summed E-state index contributed by atoms with van der Waals surface area (Å²) < 4.78 is 4.62. The molecule has 1 amide bonds. The first-order valence-electron chi connectivity index (χ1n) is 5.70. The molecule has 1 unspecified atom stereocenters. The van der Waals surface area contributed by atoms with Gasteiger partial charge in [0, 0.05) is 13.0 Å². The second-order valence-corrected chi connectivity index (χ2v) is 4.69. The molecule has 1 rings (SSSR count). The van der Waals surface area contributed by atoms with Gasteiger partial charge in [-0.25, -0.2) is 4.79 Å². The largest absolute Gasteiger partial charge is 0.467 e. The Hall–Kier alpha value is -1.14. The van der Waals surface area contributed by atoms with Gasteiger partial charge in [0.1, 0.15) is 6.04 Å². The van der Waals surface area contributed by atoms with Crippen LogP contribution < -0.4 is 5.73 Å². The van der Waals surface area contributed by atoms with Gasteiger partial charge < -0.3 is 20.5 Å². The average molecular weight is 244 g/mol. The normalized spacial score (nSPS) is 26.1. The predicted molar refractivity (Wildman–Crippen MR) is 61.0 cm³/mol. The smallest absolute Gasteiger partial charge is 0.328 e. The SMILES string of the molecule is COC(=O)[C@@H]1C[C@@H](O)CN1C(=O)C(N)C(C)C. The first-order chi connectivity index (χ1) is 7.88. The van der Waals surface area contributed by atoms with Crippen molar-refractivity contribution in [1.82, 2.24) is 4.90 Å². The minimum absolute atomic E-state index is 0.0152. The molecule has 1 heterocycles. The Balaban J connectivity index is 2.80. The van der Waals surface area contributed by atoms with E-state index in [1.54, 1.807) is 0 Å². The molecule has 1 aliphatic rings. The highest BCUT2D eigenvalue weighted by Gasteiger charge is 2.41. The van der Waals surface area contributed by atoms with Gasteiger partial charge in [0.2, 0.25) is 5.91 Å². The van der Waals surface area contributed by atoms with Gasteiger partial charge in [0.15, 0.2) is 0 Å². The summed E-state index contributed by atoms with van der Waals surface area (Å²) >= 11 is 0. The van der Waals surface area contributed by atoms with E-state index in [0.717, 1.165) is 0 Å². The monoisotopic (exact) mass is 244 g/mol. The van der Waals surface area contributed by atoms with Crippen LogP contribution in [0.25, 0.3) is 0 Å². The molecule has 1 aliphatic heterocycles. The number of aliphatic hydroxyl groups is 1. The highest BCUT2D eigenvalue weighted by Crippen LogP contribution is 2.20. The third kappa shape index (κ3) is 2.95. The lowest BCUT2D eigenvalue weighted by molar-refractivity contribution is -0.151. The Kier molecular flexibility index (Phi) is 4.47. The number of hydrogen-bond acceptors (Lipinski definition) is 5. The number of nitrogens with two attached hydrogens (primary N) is 1. The Morgan fingerprint density at radius 2 is 2.06 bits per heavy atom. The highest BCUT2D eigenvalue weighted by atomic mass is 16.5. The third-order valence-electron chi connectivity index (χ3n) is 3.04. The number of β-amino-alcohol motifs (C(OH)–C–C–N with tert-alkyl or cyclic N) is 1. The molecule has 17 heavy (non-hydrogen) atoms. The van der Waals surface area contributed by atoms with Crippen LogP contribution in [0.2, 0.25) is 0 Å². The fraction of sp³-hybridized carbons (Fsp3) is 0.818. The molecule has 0 bridgehead atoms. The van der Waals surface area contributed by atoms with Crippen molar-refractivity contribution in [2.45, 2.75) is 38.5 Å². The third-order valence-corrected chi connectivity index (χ3v) is 3.04. The van der Waals surface area contributed by atoms with Gasteiger partial charge in [0.25, 0.3) is 0 Å². The fourth-order valence-corrected chi connectivity index (χ4v) is 1.89. The fourth-order valence-electron chi connectivity index (χ4n) is 1.89. The molecule has 3 atom stereocenters. The molecule has 3 N–H and O–H groups in total. The van der Waals surface area contributed by atoms with Gasteiger partial charge in [0.05, 0.1) is 19.3 Å². The summed E-state index contributed by atoms with van der Waals surface area (Å²) in [7, 11) is 1.26. The number of ether oxygens (including phenoxy) is 1. The van der Waals surface area contributed by atoms with Crippen molar-refractivity contribution in [3.05, 3.63) is 0 Å². The number of amides is 1. The lowest BCUT2D eigenvalue weighted by atomic mass is 10.0. The molecule has 0 aromatic heterocycles. The second kappa shape index (κ2) is 5.46. The molecule has 6 nitrogen and oxygen atoms in total. The lowest BCUT2D eigenvalue weighted by Gasteiger charge is -2.26. The van der Waals surface area contributed by atoms with Crippen LogP contribution in [0.5, 0.6) is 0 Å². The van der Waals surface area contributed by atoms with Gasteiger partial charge in [-0.3, -0.25) is 4.79 Å². The number of rotatable bonds is 3. The molecule has 0 aliphatic carbocycles. The first-order valence-corrected chi connectivity index (χ1v) is 5.70. The molecule has 1 saturated heterocycles. The summed E-state index contributed by atoms with van der Waals surface area (Å²) in [4.78, 5) is 24.9. The van der Waals surface area contributed by atoms with E-state index in [4.69, 9.17) is 5.73 Å². The van der Waals surface area contributed by atoms with E-state index in [9.17, 15) is 14.7 Å². The predicted octanol–water partition coefficient (Wildman–Crippen LogP) is -0.895. The maximum atomic E-state index is 12.0. The Morgan fingerprint density at radius 1 is 1.47 bits per heavy atom. The Morgan fingerprint density at radius 3 is 2.53 bits per heavy atom. The van der Waals surface area contributed by atoms with E-state index < -0.39 is 24.2 Å². The van der Waals surface area contributed by atoms with Crippen molar-refractivity contribution in [2.24, 2.45) is 11.7 Å². The molecule has 0 saturated carbocycles. The Bertz CT molecular complexity index is 306. The summed E-state index contributed by atoms with van der Waals surface area (Å²) in [5.41, 5.74) is 5.76. The van der Waals surface area contributed by atoms with Gasteiger partial charge in [-0.2, -0.15) is 0 Å². The number of nitrogens with zero attached hydrogens (tertiary/aromatic N) is 1. The molecule has 0 radical (unpaired) electrons. The van der Waals surface area contributed by atoms with Crippen LogP contribution >= 0.6 is 0 Å². The van der Waals surface area contributed by atoms with Crippen molar-refractivity contribution in [2.75, 3.05) is 13.7 Å². The molecule has 98 valence electrons. The van der Waals surface area contributed by atoms with Crippen molar-refractivity contribution >= 4 is 11.9 Å². The number of likely N-dealkylation sites (tertiary alicyclic amines) is 1. The number of esters is 1. The summed E-state index contributed by atoms with van der Waals surface area (Å²) in [5, 5.41) is 9.54. The quantitative estimate of drug-likeness (QED) is 0.628. The summed E-state index contributed by atoms with van der Waals surface area (Å²) in [6, 6.07) is -1.38. The first kappa shape index (κ1) is 13.9. The van der Waals surface area contributed by atoms with Crippen LogP contribution in [0.3, 0.4) is 0 Å². The van der Waals surface area contributed by atoms with Crippen molar-refractivity contribution in [1.29, 1.82) is 0 Å². The topological polar surface area (TPSA) is 92.9 Å². The number of carbonyl (C=O) groups excluding carboxylic acids is 2. The molecular weight excluding hydrogens is 224 g/mol. The van der Waals surface area contributed by atoms with Gasteiger partial charge in [-0.05, 0) is 5.92 Å². The van der Waals surface area contributed by atoms with Gasteiger partial charge in [-0.15, -0.1) is 0 Å². The van der Waals surface area contributed by atoms with E-state index in [2.05, 4.69) is 4.74 Å². The molecule has 0 aromatic rings. The van der Waals surface area contributed by atoms with Crippen LogP contribution in [0.4, 0.5) is 0 Å². The van der Waals surface area contributed by atoms with Crippen LogP contribution in [0.15, 0.2) is 0 Å². The summed E-state index contributed by atoms with van der Waals surface area (Å²) in [5.74, 6) is -0.837. The lowest BCUT2D eigenvalue weighted by Crippen LogP contribution is -2.50. The standard InChI is InChI=1S/C11H20N2O4/c1-6(2)9(12)10(15)13-5-7(14)4-8(13)11(16)17-3/h6-9,14H,4-5,12H2,1-3H3/t7-,8+,9?/m1/s1. The van der Waals surface area contributed by atoms with Crippen molar-refractivity contribution < 1.29 is 19.4 Å². The number of aliphatic hydroxyl groups excluding tert-OH is 1. The van der Waals surface area contributed by atoms with Gasteiger partial charge >= 0.3 is 5.97 Å². The molecule has 6 heteroatoms. The van der Waals surface area contributed by atoms with Crippen LogP contribution in [0, 0.1) is 5.92 Å². The number of hydrogen-bond donors (Lipinski definition) is 2. The zero-order valence-electron chi connectivity index (χ0n) is 10.4. The zero-order chi connectivity index (χ0) is 13.2. The second-order valence-electron chi connectivity index (χ2n) is 4.69.